The van der Waals surface area contributed by atoms with Gasteiger partial charge < -0.3 is 15.0 Å². The molecule has 0 radical (unpaired) electrons. The summed E-state index contributed by atoms with van der Waals surface area (Å²) in [7, 11) is 0. The fourth-order valence-corrected chi connectivity index (χ4v) is 3.46. The molecule has 1 saturated heterocycles. The van der Waals surface area contributed by atoms with Gasteiger partial charge >= 0.3 is 0 Å². The Labute approximate surface area is 160 Å². The van der Waals surface area contributed by atoms with Crippen molar-refractivity contribution in [2.45, 2.75) is 38.5 Å². The number of benzene rings is 2. The molecule has 2 amide bonds. The minimum Gasteiger partial charge on any atom is -0.372 e. The van der Waals surface area contributed by atoms with Crippen molar-refractivity contribution in [3.63, 3.8) is 0 Å². The Bertz CT molecular complexity index is 754. The van der Waals surface area contributed by atoms with Crippen LogP contribution in [0.25, 0.3) is 0 Å². The van der Waals surface area contributed by atoms with Crippen molar-refractivity contribution in [3.8, 4) is 0 Å². The molecule has 5 heteroatoms. The van der Waals surface area contributed by atoms with Crippen molar-refractivity contribution in [1.82, 2.24) is 10.2 Å². The highest BCUT2D eigenvalue weighted by Gasteiger charge is 2.31. The lowest BCUT2D eigenvalue weighted by Gasteiger charge is -2.37. The zero-order chi connectivity index (χ0) is 19.2. The molecule has 3 rings (SSSR count). The van der Waals surface area contributed by atoms with Gasteiger partial charge in [-0.05, 0) is 31.5 Å². The van der Waals surface area contributed by atoms with E-state index in [-0.39, 0.29) is 24.0 Å². The van der Waals surface area contributed by atoms with Crippen molar-refractivity contribution in [3.05, 3.63) is 71.8 Å². The zero-order valence-electron chi connectivity index (χ0n) is 15.8. The minimum absolute atomic E-state index is 0.0140. The van der Waals surface area contributed by atoms with Gasteiger partial charge in [0.2, 0.25) is 5.91 Å². The van der Waals surface area contributed by atoms with Crippen LogP contribution in [0.1, 0.15) is 29.8 Å². The molecule has 142 valence electrons. The van der Waals surface area contributed by atoms with Crippen LogP contribution in [0, 0.1) is 0 Å². The summed E-state index contributed by atoms with van der Waals surface area (Å²) in [5.41, 5.74) is 1.56. The second-order valence-corrected chi connectivity index (χ2v) is 7.08. The highest BCUT2D eigenvalue weighted by Crippen LogP contribution is 2.14. The van der Waals surface area contributed by atoms with Crippen molar-refractivity contribution in [1.29, 1.82) is 0 Å². The van der Waals surface area contributed by atoms with Gasteiger partial charge in [-0.15, -0.1) is 0 Å². The lowest BCUT2D eigenvalue weighted by molar-refractivity contribution is -0.145. The van der Waals surface area contributed by atoms with E-state index in [0.29, 0.717) is 25.1 Å². The first-order chi connectivity index (χ1) is 13.0. The summed E-state index contributed by atoms with van der Waals surface area (Å²) in [4.78, 5) is 27.7. The van der Waals surface area contributed by atoms with Crippen molar-refractivity contribution < 1.29 is 14.3 Å². The number of rotatable bonds is 5. The van der Waals surface area contributed by atoms with Gasteiger partial charge in [-0.3, -0.25) is 9.59 Å². The molecule has 3 atom stereocenters. The van der Waals surface area contributed by atoms with Gasteiger partial charge in [-0.1, -0.05) is 48.5 Å². The smallest absolute Gasteiger partial charge is 0.251 e. The summed E-state index contributed by atoms with van der Waals surface area (Å²) in [6.45, 7) is 5.00. The normalized spacial score (nSPS) is 20.7. The van der Waals surface area contributed by atoms with Crippen LogP contribution < -0.4 is 5.32 Å². The van der Waals surface area contributed by atoms with Gasteiger partial charge in [0.1, 0.15) is 6.04 Å². The predicted molar refractivity (Wildman–Crippen MR) is 104 cm³/mol. The van der Waals surface area contributed by atoms with Gasteiger partial charge in [0.15, 0.2) is 0 Å². The highest BCUT2D eigenvalue weighted by atomic mass is 16.5. The summed E-state index contributed by atoms with van der Waals surface area (Å²) in [5, 5.41) is 2.94. The number of nitrogens with zero attached hydrogens (tertiary/aromatic N) is 1. The number of hydrogen-bond donors (Lipinski definition) is 1. The Balaban J connectivity index is 1.78. The number of ether oxygens (including phenoxy) is 1. The Kier molecular flexibility index (Phi) is 6.24. The molecule has 1 heterocycles. The van der Waals surface area contributed by atoms with Gasteiger partial charge in [-0.2, -0.15) is 0 Å². The molecular formula is C22H26N2O3. The summed E-state index contributed by atoms with van der Waals surface area (Å²) < 4.78 is 5.73. The molecule has 0 saturated carbocycles. The molecule has 1 aliphatic heterocycles. The molecule has 0 aliphatic carbocycles. The minimum atomic E-state index is -0.613. The molecule has 1 N–H and O–H groups in total. The van der Waals surface area contributed by atoms with Crippen LogP contribution in [0.5, 0.6) is 0 Å². The second-order valence-electron chi connectivity index (χ2n) is 7.08. The maximum atomic E-state index is 13.2. The van der Waals surface area contributed by atoms with Crippen molar-refractivity contribution in [2.75, 3.05) is 13.1 Å². The molecule has 1 fully saturated rings. The van der Waals surface area contributed by atoms with E-state index in [1.165, 1.54) is 0 Å². The molecule has 5 nitrogen and oxygen atoms in total. The Morgan fingerprint density at radius 3 is 2.15 bits per heavy atom. The number of morpholine rings is 1. The maximum Gasteiger partial charge on any atom is 0.251 e. The first-order valence-corrected chi connectivity index (χ1v) is 9.37. The number of carbonyl (C=O) groups is 2. The lowest BCUT2D eigenvalue weighted by atomic mass is 10.0. The second kappa shape index (κ2) is 8.82. The average molecular weight is 366 g/mol. The highest BCUT2D eigenvalue weighted by molar-refractivity contribution is 5.97. The Hall–Kier alpha value is -2.66. The van der Waals surface area contributed by atoms with E-state index < -0.39 is 6.04 Å². The fourth-order valence-electron chi connectivity index (χ4n) is 3.46. The number of nitrogens with one attached hydrogen (secondary N) is 1. The fraction of sp³-hybridized carbons (Fsp3) is 0.364. The number of amides is 2. The van der Waals surface area contributed by atoms with Gasteiger partial charge in [0, 0.05) is 25.1 Å². The van der Waals surface area contributed by atoms with E-state index in [1.807, 2.05) is 62.4 Å². The number of carbonyl (C=O) groups excluding carboxylic acids is 2. The summed E-state index contributed by atoms with van der Waals surface area (Å²) >= 11 is 0. The Morgan fingerprint density at radius 1 is 1.00 bits per heavy atom. The molecule has 0 spiro atoms. The molecule has 2 aromatic rings. The summed E-state index contributed by atoms with van der Waals surface area (Å²) in [5.74, 6) is -0.302. The van der Waals surface area contributed by atoms with E-state index in [1.54, 1.807) is 17.0 Å². The van der Waals surface area contributed by atoms with Crippen molar-refractivity contribution >= 4 is 11.8 Å². The van der Waals surface area contributed by atoms with E-state index in [2.05, 4.69) is 5.32 Å². The molecular weight excluding hydrogens is 340 g/mol. The predicted octanol–water partition coefficient (Wildman–Crippen LogP) is 2.66. The average Bonchev–Trinajstić information content (AvgIpc) is 2.67. The third-order valence-corrected chi connectivity index (χ3v) is 4.65. The number of hydrogen-bond acceptors (Lipinski definition) is 3. The quantitative estimate of drug-likeness (QED) is 0.885. The zero-order valence-corrected chi connectivity index (χ0v) is 15.8. The van der Waals surface area contributed by atoms with Crippen LogP contribution in [0.3, 0.4) is 0 Å². The molecule has 2 unspecified atom stereocenters. The van der Waals surface area contributed by atoms with Crippen LogP contribution >= 0.6 is 0 Å². The SMILES string of the molecule is CC1CN(C(=O)[C@H](Cc2ccccc2)NC(=O)c2ccccc2)CC(C)O1. The molecule has 2 aromatic carbocycles. The first-order valence-electron chi connectivity index (χ1n) is 9.37. The van der Waals surface area contributed by atoms with Crippen LogP contribution in [0.15, 0.2) is 60.7 Å². The van der Waals surface area contributed by atoms with Crippen LogP contribution in [-0.4, -0.2) is 48.1 Å². The maximum absolute atomic E-state index is 13.2. The van der Waals surface area contributed by atoms with E-state index in [0.717, 1.165) is 5.56 Å². The standard InChI is InChI=1S/C22H26N2O3/c1-16-14-24(15-17(2)27-16)22(26)20(13-18-9-5-3-6-10-18)23-21(25)19-11-7-4-8-12-19/h3-12,16-17,20H,13-15H2,1-2H3,(H,23,25)/t16?,17?,20-/m0/s1. The topological polar surface area (TPSA) is 58.6 Å². The van der Waals surface area contributed by atoms with Gasteiger partial charge in [0.25, 0.3) is 5.91 Å². The van der Waals surface area contributed by atoms with E-state index in [4.69, 9.17) is 4.74 Å². The summed E-state index contributed by atoms with van der Waals surface area (Å²) in [6.07, 6.45) is 0.429. The van der Waals surface area contributed by atoms with Gasteiger partial charge in [-0.25, -0.2) is 0 Å². The first kappa shape index (κ1) is 19.1. The summed E-state index contributed by atoms with van der Waals surface area (Å²) in [6, 6.07) is 18.1. The largest absolute Gasteiger partial charge is 0.372 e. The molecule has 0 aromatic heterocycles. The monoisotopic (exact) mass is 366 g/mol. The molecule has 27 heavy (non-hydrogen) atoms. The lowest BCUT2D eigenvalue weighted by Crippen LogP contribution is -2.55. The molecule has 1 aliphatic rings. The van der Waals surface area contributed by atoms with Crippen LogP contribution in [0.4, 0.5) is 0 Å². The van der Waals surface area contributed by atoms with Crippen LogP contribution in [-0.2, 0) is 16.0 Å². The molecule has 0 bridgehead atoms. The third kappa shape index (κ3) is 5.17. The van der Waals surface area contributed by atoms with Crippen LogP contribution in [0.2, 0.25) is 0 Å². The third-order valence-electron chi connectivity index (χ3n) is 4.65. The Morgan fingerprint density at radius 2 is 1.56 bits per heavy atom. The van der Waals surface area contributed by atoms with Gasteiger partial charge in [0.05, 0.1) is 12.2 Å². The van der Waals surface area contributed by atoms with E-state index >= 15 is 0 Å². The van der Waals surface area contributed by atoms with Crippen molar-refractivity contribution in [2.24, 2.45) is 0 Å². The van der Waals surface area contributed by atoms with E-state index in [9.17, 15) is 9.59 Å².